The molecule has 0 saturated carbocycles. The molecule has 0 N–H and O–H groups in total. The fourth-order valence-corrected chi connectivity index (χ4v) is 3.13. The van der Waals surface area contributed by atoms with Crippen LogP contribution in [0.5, 0.6) is 0 Å². The van der Waals surface area contributed by atoms with Gasteiger partial charge < -0.3 is 0 Å². The maximum Gasteiger partial charge on any atom is 0.229 e. The van der Waals surface area contributed by atoms with Gasteiger partial charge in [0.05, 0.1) is 0 Å². The summed E-state index contributed by atoms with van der Waals surface area (Å²) >= 11 is 0. The molecule has 0 atom stereocenters. The highest BCUT2D eigenvalue weighted by Crippen LogP contribution is 2.23. The van der Waals surface area contributed by atoms with Gasteiger partial charge in [-0.25, -0.2) is 43.9 Å². The van der Waals surface area contributed by atoms with Gasteiger partial charge >= 0.3 is 0 Å². The molecule has 0 bridgehead atoms. The van der Waals surface area contributed by atoms with Crippen LogP contribution in [-0.2, 0) is 0 Å². The van der Waals surface area contributed by atoms with E-state index in [1.165, 1.54) is 13.0 Å². The Morgan fingerprint density at radius 2 is 0.867 bits per heavy atom. The lowest BCUT2D eigenvalue weighted by atomic mass is 9.37. The first-order valence-corrected chi connectivity index (χ1v) is 8.69. The summed E-state index contributed by atoms with van der Waals surface area (Å²) in [4.78, 5) is 0. The lowest BCUT2D eigenvalue weighted by Crippen LogP contribution is -2.51. The average molecular weight is 442 g/mol. The minimum Gasteiger partial charge on any atom is -0.204 e. The second-order valence-corrected chi connectivity index (χ2v) is 6.35. The Morgan fingerprint density at radius 3 is 1.13 bits per heavy atom. The smallest absolute Gasteiger partial charge is 0.204 e. The zero-order chi connectivity index (χ0) is 22.9. The van der Waals surface area contributed by atoms with E-state index in [1.807, 2.05) is 0 Å². The predicted octanol–water partition coefficient (Wildman–Crippen LogP) is 5.43. The van der Waals surface area contributed by atoms with Crippen LogP contribution in [0.4, 0.5) is 43.9 Å². The molecule has 0 aromatic heterocycles. The second kappa shape index (κ2) is 9.14. The van der Waals surface area contributed by atoms with Crippen molar-refractivity contribution >= 4 is 17.6 Å². The van der Waals surface area contributed by atoms with E-state index in [0.29, 0.717) is 6.42 Å². The van der Waals surface area contributed by atoms with Crippen molar-refractivity contribution in [3.8, 4) is 0 Å². The van der Waals surface area contributed by atoms with E-state index < -0.39 is 82.1 Å². The molecule has 0 aliphatic heterocycles. The summed E-state index contributed by atoms with van der Waals surface area (Å²) in [7, 11) is 0. The van der Waals surface area contributed by atoms with E-state index in [2.05, 4.69) is 0 Å². The molecule has 0 amide bonds. The van der Waals surface area contributed by atoms with Gasteiger partial charge in [-0.15, -0.1) is 0 Å². The van der Waals surface area contributed by atoms with Crippen LogP contribution in [0.15, 0.2) is 11.6 Å². The first-order chi connectivity index (χ1) is 14.0. The van der Waals surface area contributed by atoms with Crippen LogP contribution in [0, 0.1) is 58.2 Å². The third-order valence-electron chi connectivity index (χ3n) is 4.60. The molecule has 0 aliphatic rings. The van der Waals surface area contributed by atoms with Crippen molar-refractivity contribution in [3.05, 3.63) is 69.8 Å². The van der Waals surface area contributed by atoms with Crippen molar-refractivity contribution in [2.45, 2.75) is 33.0 Å². The molecule has 30 heavy (non-hydrogen) atoms. The van der Waals surface area contributed by atoms with Gasteiger partial charge in [-0.2, -0.15) is 0 Å². The fraction of sp³-hybridized carbons (Fsp3) is 0.263. The summed E-state index contributed by atoms with van der Waals surface area (Å²) in [6.45, 7) is 0.772. The number of rotatable bonds is 6. The van der Waals surface area contributed by atoms with Crippen LogP contribution in [0.3, 0.4) is 0 Å². The third kappa shape index (κ3) is 3.93. The zero-order valence-corrected chi connectivity index (χ0v) is 15.6. The molecule has 2 aromatic rings. The summed E-state index contributed by atoms with van der Waals surface area (Å²) in [5.41, 5.74) is -3.13. The monoisotopic (exact) mass is 442 g/mol. The Labute approximate surface area is 165 Å². The summed E-state index contributed by atoms with van der Waals surface area (Å²) in [6.07, 6.45) is 1.14. The molecular formula is C19H13BF10. The van der Waals surface area contributed by atoms with Gasteiger partial charge in [-0.05, 0) is 19.2 Å². The molecule has 0 unspecified atom stereocenters. The summed E-state index contributed by atoms with van der Waals surface area (Å²) in [6, 6.07) is 0. The topological polar surface area (TPSA) is 0 Å². The van der Waals surface area contributed by atoms with E-state index >= 15 is 0 Å². The van der Waals surface area contributed by atoms with E-state index in [0.717, 1.165) is 0 Å². The molecule has 2 aromatic carbocycles. The van der Waals surface area contributed by atoms with Gasteiger partial charge in [0.2, 0.25) is 6.71 Å². The number of halogens is 10. The Kier molecular flexibility index (Phi) is 7.25. The van der Waals surface area contributed by atoms with E-state index in [1.54, 1.807) is 6.92 Å². The maximum atomic E-state index is 14.4. The van der Waals surface area contributed by atoms with E-state index in [-0.39, 0.29) is 12.0 Å². The molecule has 0 spiro atoms. The fourth-order valence-electron chi connectivity index (χ4n) is 3.13. The van der Waals surface area contributed by atoms with E-state index in [4.69, 9.17) is 0 Å². The van der Waals surface area contributed by atoms with Crippen LogP contribution in [0.2, 0.25) is 6.32 Å². The van der Waals surface area contributed by atoms with Crippen molar-refractivity contribution in [1.82, 2.24) is 0 Å². The Hall–Kier alpha value is -2.46. The molecule has 11 heteroatoms. The quantitative estimate of drug-likeness (QED) is 0.184. The summed E-state index contributed by atoms with van der Waals surface area (Å²) in [5, 5.41) is 0. The number of allylic oxidation sites excluding steroid dienone is 2. The minimum absolute atomic E-state index is 0.120. The number of hydrogen-bond acceptors (Lipinski definition) is 0. The Morgan fingerprint density at radius 1 is 0.567 bits per heavy atom. The second-order valence-electron chi connectivity index (χ2n) is 6.35. The highest BCUT2D eigenvalue weighted by molar-refractivity contribution is 6.85. The van der Waals surface area contributed by atoms with Gasteiger partial charge in [0.15, 0.2) is 58.2 Å². The highest BCUT2D eigenvalue weighted by Gasteiger charge is 2.39. The lowest BCUT2D eigenvalue weighted by molar-refractivity contribution is 0.382. The van der Waals surface area contributed by atoms with Gasteiger partial charge in [0.25, 0.3) is 0 Å². The van der Waals surface area contributed by atoms with Gasteiger partial charge in [0.1, 0.15) is 0 Å². The summed E-state index contributed by atoms with van der Waals surface area (Å²) in [5.74, 6) is -24.4. The molecule has 0 nitrogen and oxygen atoms in total. The first-order valence-electron chi connectivity index (χ1n) is 8.69. The van der Waals surface area contributed by atoms with Crippen LogP contribution in [0.25, 0.3) is 0 Å². The third-order valence-corrected chi connectivity index (χ3v) is 4.60. The van der Waals surface area contributed by atoms with Crippen LogP contribution >= 0.6 is 0 Å². The molecule has 0 heterocycles. The van der Waals surface area contributed by atoms with Crippen LogP contribution < -0.4 is 10.9 Å². The largest absolute Gasteiger partial charge is 0.229 e. The lowest BCUT2D eigenvalue weighted by Gasteiger charge is -2.20. The van der Waals surface area contributed by atoms with Gasteiger partial charge in [0, 0.05) is 10.9 Å². The van der Waals surface area contributed by atoms with Crippen LogP contribution in [0.1, 0.15) is 26.7 Å². The average Bonchev–Trinajstić information content (AvgIpc) is 2.73. The first kappa shape index (κ1) is 23.8. The number of benzene rings is 2. The van der Waals surface area contributed by atoms with E-state index in [9.17, 15) is 43.9 Å². The van der Waals surface area contributed by atoms with Crippen LogP contribution in [-0.4, -0.2) is 6.71 Å². The zero-order valence-electron chi connectivity index (χ0n) is 15.6. The summed E-state index contributed by atoms with van der Waals surface area (Å²) < 4.78 is 139. The minimum atomic E-state index is -2.52. The molecule has 0 aliphatic carbocycles. The standard InChI is InChI=1S/C19H13BF10/c1-3-5-7(4-2)6-20(8-10(21)14(25)18(29)15(26)11(8)22)9-12(23)16(27)19(30)17(28)13(9)24/h5H,3-4,6H2,1-2H3. The van der Waals surface area contributed by atoms with Crippen molar-refractivity contribution in [2.75, 3.05) is 0 Å². The molecule has 0 fully saturated rings. The predicted molar refractivity (Wildman–Crippen MR) is 91.0 cm³/mol. The van der Waals surface area contributed by atoms with Crippen molar-refractivity contribution < 1.29 is 43.9 Å². The van der Waals surface area contributed by atoms with Crippen molar-refractivity contribution in [2.24, 2.45) is 0 Å². The van der Waals surface area contributed by atoms with Crippen molar-refractivity contribution in [1.29, 1.82) is 0 Å². The van der Waals surface area contributed by atoms with Gasteiger partial charge in [-0.1, -0.05) is 25.5 Å². The van der Waals surface area contributed by atoms with Crippen molar-refractivity contribution in [3.63, 3.8) is 0 Å². The van der Waals surface area contributed by atoms with Gasteiger partial charge in [-0.3, -0.25) is 0 Å². The SMILES string of the molecule is CCC=C(CC)CB(c1c(F)c(F)c(F)c(F)c1F)c1c(F)c(F)c(F)c(F)c1F. The number of hydrogen-bond donors (Lipinski definition) is 0. The normalized spacial score (nSPS) is 11.9. The molecular weight excluding hydrogens is 429 g/mol. The molecule has 0 radical (unpaired) electrons. The Balaban J connectivity index is 2.96. The Bertz CT molecular complexity index is 888. The maximum absolute atomic E-state index is 14.4. The molecule has 0 saturated heterocycles. The molecule has 2 rings (SSSR count). The highest BCUT2D eigenvalue weighted by atomic mass is 19.2. The molecule has 162 valence electrons.